The molecule has 0 aliphatic rings. The molecule has 6 nitrogen and oxygen atoms in total. The van der Waals surface area contributed by atoms with Crippen molar-refractivity contribution in [1.82, 2.24) is 15.1 Å². The highest BCUT2D eigenvalue weighted by molar-refractivity contribution is 5.96. The summed E-state index contributed by atoms with van der Waals surface area (Å²) in [6.07, 6.45) is -5.12. The minimum atomic E-state index is -5.12. The summed E-state index contributed by atoms with van der Waals surface area (Å²) in [7, 11) is 1.37. The molecule has 1 unspecified atom stereocenters. The molecule has 0 saturated carbocycles. The van der Waals surface area contributed by atoms with Crippen LogP contribution in [0.3, 0.4) is 0 Å². The summed E-state index contributed by atoms with van der Waals surface area (Å²) in [5.41, 5.74) is -3.09. The summed E-state index contributed by atoms with van der Waals surface area (Å²) in [6.45, 7) is 1.94. The van der Waals surface area contributed by atoms with E-state index in [4.69, 9.17) is 5.11 Å². The number of aromatic nitrogens is 2. The second-order valence-electron chi connectivity index (χ2n) is 4.18. The molecule has 106 valence electrons. The first-order valence-corrected chi connectivity index (χ1v) is 5.12. The molecule has 0 saturated heterocycles. The van der Waals surface area contributed by atoms with Crippen LogP contribution in [0.2, 0.25) is 0 Å². The molecule has 1 rings (SSSR count). The molecule has 0 bridgehead atoms. The van der Waals surface area contributed by atoms with Crippen LogP contribution in [-0.2, 0) is 11.8 Å². The fourth-order valence-electron chi connectivity index (χ4n) is 1.36. The molecule has 9 heteroatoms. The topological polar surface area (TPSA) is 84.2 Å². The van der Waals surface area contributed by atoms with Crippen LogP contribution in [0, 0.1) is 6.92 Å². The van der Waals surface area contributed by atoms with Crippen LogP contribution in [0.15, 0.2) is 6.07 Å². The van der Waals surface area contributed by atoms with Gasteiger partial charge in [-0.15, -0.1) is 0 Å². The van der Waals surface area contributed by atoms with E-state index in [-0.39, 0.29) is 5.69 Å². The normalized spacial score (nSPS) is 14.8. The van der Waals surface area contributed by atoms with Gasteiger partial charge in [-0.1, -0.05) is 0 Å². The third-order valence-corrected chi connectivity index (χ3v) is 2.59. The number of carboxylic acid groups (broad SMARTS) is 1. The zero-order valence-corrected chi connectivity index (χ0v) is 10.4. The summed E-state index contributed by atoms with van der Waals surface area (Å²) in [5.74, 6) is -3.35. The van der Waals surface area contributed by atoms with Crippen molar-refractivity contribution >= 4 is 11.9 Å². The van der Waals surface area contributed by atoms with E-state index in [2.05, 4.69) is 5.10 Å². The fraction of sp³-hybridized carbons (Fsp3) is 0.500. The number of alkyl halides is 3. The molecule has 0 aliphatic heterocycles. The zero-order valence-electron chi connectivity index (χ0n) is 10.4. The van der Waals surface area contributed by atoms with Crippen molar-refractivity contribution in [1.29, 1.82) is 0 Å². The maximum Gasteiger partial charge on any atom is 0.422 e. The number of nitrogens with zero attached hydrogens (tertiary/aromatic N) is 2. The molecule has 19 heavy (non-hydrogen) atoms. The van der Waals surface area contributed by atoms with Crippen LogP contribution < -0.4 is 5.32 Å². The van der Waals surface area contributed by atoms with Gasteiger partial charge in [-0.3, -0.25) is 9.48 Å². The van der Waals surface area contributed by atoms with E-state index in [9.17, 15) is 22.8 Å². The molecule has 1 amide bonds. The van der Waals surface area contributed by atoms with E-state index in [0.29, 0.717) is 12.6 Å². The van der Waals surface area contributed by atoms with Crippen molar-refractivity contribution in [2.75, 3.05) is 0 Å². The third kappa shape index (κ3) is 2.69. The van der Waals surface area contributed by atoms with Crippen molar-refractivity contribution in [2.24, 2.45) is 7.05 Å². The average Bonchev–Trinajstić information content (AvgIpc) is 2.55. The smallest absolute Gasteiger partial charge is 0.422 e. The Hall–Kier alpha value is -2.06. The van der Waals surface area contributed by atoms with Gasteiger partial charge in [0.1, 0.15) is 5.69 Å². The van der Waals surface area contributed by atoms with E-state index in [1.165, 1.54) is 18.4 Å². The Kier molecular flexibility index (Phi) is 3.60. The van der Waals surface area contributed by atoms with Crippen LogP contribution in [-0.4, -0.2) is 38.5 Å². The van der Waals surface area contributed by atoms with Gasteiger partial charge in [0, 0.05) is 7.05 Å². The van der Waals surface area contributed by atoms with Gasteiger partial charge < -0.3 is 10.4 Å². The number of carbonyl (C=O) groups excluding carboxylic acids is 1. The highest BCUT2D eigenvalue weighted by Gasteiger charge is 2.58. The summed E-state index contributed by atoms with van der Waals surface area (Å²) < 4.78 is 39.2. The summed E-state index contributed by atoms with van der Waals surface area (Å²) in [5, 5.41) is 14.0. The van der Waals surface area contributed by atoms with Crippen LogP contribution >= 0.6 is 0 Å². The first kappa shape index (κ1) is 15.0. The Labute approximate surface area is 106 Å². The van der Waals surface area contributed by atoms with Crippen molar-refractivity contribution in [3.63, 3.8) is 0 Å². The van der Waals surface area contributed by atoms with Gasteiger partial charge in [-0.2, -0.15) is 18.3 Å². The van der Waals surface area contributed by atoms with Gasteiger partial charge >= 0.3 is 12.1 Å². The van der Waals surface area contributed by atoms with E-state index < -0.39 is 23.6 Å². The van der Waals surface area contributed by atoms with Gasteiger partial charge in [-0.25, -0.2) is 4.79 Å². The lowest BCUT2D eigenvalue weighted by Crippen LogP contribution is -2.62. The molecule has 0 fully saturated rings. The van der Waals surface area contributed by atoms with Crippen molar-refractivity contribution < 1.29 is 27.9 Å². The Morgan fingerprint density at radius 2 is 1.95 bits per heavy atom. The Balaban J connectivity index is 3.09. The number of carbonyl (C=O) groups is 2. The van der Waals surface area contributed by atoms with Gasteiger partial charge in [-0.05, 0) is 19.9 Å². The van der Waals surface area contributed by atoms with E-state index in [1.54, 1.807) is 6.92 Å². The molecular formula is C10H12F3N3O3. The quantitative estimate of drug-likeness (QED) is 0.859. The summed E-state index contributed by atoms with van der Waals surface area (Å²) in [4.78, 5) is 22.5. The number of rotatable bonds is 3. The number of hydrogen-bond acceptors (Lipinski definition) is 3. The zero-order chi connectivity index (χ0) is 15.0. The standard InChI is InChI=1S/C10H12F3N3O3/c1-5-4-6(16(3)15-5)7(17)14-9(2,8(18)19)10(11,12)13/h4H,1-3H3,(H,14,17)(H,18,19). The van der Waals surface area contributed by atoms with Gasteiger partial charge in [0.05, 0.1) is 5.69 Å². The number of amides is 1. The van der Waals surface area contributed by atoms with E-state index in [1.807, 2.05) is 0 Å². The molecule has 0 radical (unpaired) electrons. The predicted octanol–water partition coefficient (Wildman–Crippen LogP) is 0.864. The lowest BCUT2D eigenvalue weighted by atomic mass is 10.0. The number of aliphatic carboxylic acids is 1. The number of aryl methyl sites for hydroxylation is 2. The minimum absolute atomic E-state index is 0.158. The molecule has 1 aromatic rings. The third-order valence-electron chi connectivity index (χ3n) is 2.59. The lowest BCUT2D eigenvalue weighted by molar-refractivity contribution is -0.203. The second kappa shape index (κ2) is 4.56. The summed E-state index contributed by atoms with van der Waals surface area (Å²) >= 11 is 0. The average molecular weight is 279 g/mol. The van der Waals surface area contributed by atoms with Crippen molar-refractivity contribution in [3.8, 4) is 0 Å². The van der Waals surface area contributed by atoms with Crippen molar-refractivity contribution in [2.45, 2.75) is 25.6 Å². The molecule has 1 atom stereocenters. The monoisotopic (exact) mass is 279 g/mol. The van der Waals surface area contributed by atoms with Crippen LogP contribution in [0.25, 0.3) is 0 Å². The first-order chi connectivity index (χ1) is 8.49. The Morgan fingerprint density at radius 3 is 2.26 bits per heavy atom. The number of halogens is 3. The lowest BCUT2D eigenvalue weighted by Gasteiger charge is -2.28. The molecule has 1 heterocycles. The predicted molar refractivity (Wildman–Crippen MR) is 57.5 cm³/mol. The molecule has 2 N–H and O–H groups in total. The van der Waals surface area contributed by atoms with Crippen LogP contribution in [0.1, 0.15) is 23.1 Å². The number of carboxylic acids is 1. The maximum atomic E-state index is 12.7. The van der Waals surface area contributed by atoms with Gasteiger partial charge in [0.2, 0.25) is 5.54 Å². The van der Waals surface area contributed by atoms with E-state index >= 15 is 0 Å². The fourth-order valence-corrected chi connectivity index (χ4v) is 1.36. The number of hydrogen-bond donors (Lipinski definition) is 2. The van der Waals surface area contributed by atoms with Gasteiger partial charge in [0.25, 0.3) is 5.91 Å². The maximum absolute atomic E-state index is 12.7. The second-order valence-corrected chi connectivity index (χ2v) is 4.18. The molecule has 1 aromatic heterocycles. The Morgan fingerprint density at radius 1 is 1.42 bits per heavy atom. The molecule has 0 aliphatic carbocycles. The highest BCUT2D eigenvalue weighted by atomic mass is 19.4. The minimum Gasteiger partial charge on any atom is -0.479 e. The molecule has 0 aromatic carbocycles. The SMILES string of the molecule is Cc1cc(C(=O)NC(C)(C(=O)O)C(F)(F)F)n(C)n1. The van der Waals surface area contributed by atoms with Crippen LogP contribution in [0.4, 0.5) is 13.2 Å². The Bertz CT molecular complexity index is 524. The number of nitrogens with one attached hydrogen (secondary N) is 1. The molecular weight excluding hydrogens is 267 g/mol. The largest absolute Gasteiger partial charge is 0.479 e. The molecule has 0 spiro atoms. The summed E-state index contributed by atoms with van der Waals surface area (Å²) in [6, 6.07) is 1.26. The van der Waals surface area contributed by atoms with E-state index in [0.717, 1.165) is 4.68 Å². The van der Waals surface area contributed by atoms with Crippen LogP contribution in [0.5, 0.6) is 0 Å². The van der Waals surface area contributed by atoms with Crippen molar-refractivity contribution in [3.05, 3.63) is 17.5 Å². The van der Waals surface area contributed by atoms with Gasteiger partial charge in [0.15, 0.2) is 0 Å². The first-order valence-electron chi connectivity index (χ1n) is 5.12. The highest BCUT2D eigenvalue weighted by Crippen LogP contribution is 2.30.